The maximum absolute atomic E-state index is 11.1. The second kappa shape index (κ2) is 6.62. The van der Waals surface area contributed by atoms with Gasteiger partial charge in [-0.15, -0.1) is 0 Å². The molecule has 2 N–H and O–H groups in total. The van der Waals surface area contributed by atoms with Crippen LogP contribution in [0.25, 0.3) is 0 Å². The number of aromatic carboxylic acids is 1. The zero-order valence-corrected chi connectivity index (χ0v) is 11.2. The molecule has 21 heavy (non-hydrogen) atoms. The van der Waals surface area contributed by atoms with Crippen molar-refractivity contribution in [1.29, 1.82) is 0 Å². The van der Waals surface area contributed by atoms with Gasteiger partial charge in [0.05, 0.1) is 10.5 Å². The van der Waals surface area contributed by atoms with Crippen molar-refractivity contribution in [2.45, 2.75) is 13.1 Å². The summed E-state index contributed by atoms with van der Waals surface area (Å²) >= 11 is 0. The lowest BCUT2D eigenvalue weighted by Gasteiger charge is -2.08. The SMILES string of the molecule is O=C(O)c1ccccc1CNCc1cccc([N+](=O)[O-])c1. The van der Waals surface area contributed by atoms with Crippen molar-refractivity contribution in [3.63, 3.8) is 0 Å². The molecule has 0 heterocycles. The predicted molar refractivity (Wildman–Crippen MR) is 77.0 cm³/mol. The van der Waals surface area contributed by atoms with Crippen LogP contribution in [0.3, 0.4) is 0 Å². The van der Waals surface area contributed by atoms with Crippen LogP contribution >= 0.6 is 0 Å². The molecule has 108 valence electrons. The van der Waals surface area contributed by atoms with Crippen LogP contribution < -0.4 is 5.32 Å². The average molecular weight is 286 g/mol. The Balaban J connectivity index is 2.00. The van der Waals surface area contributed by atoms with E-state index in [1.54, 1.807) is 36.4 Å². The van der Waals surface area contributed by atoms with E-state index in [1.807, 2.05) is 0 Å². The second-order valence-electron chi connectivity index (χ2n) is 4.49. The number of carbonyl (C=O) groups is 1. The molecule has 2 aromatic carbocycles. The molecule has 0 spiro atoms. The van der Waals surface area contributed by atoms with E-state index in [9.17, 15) is 14.9 Å². The normalized spacial score (nSPS) is 10.3. The number of hydrogen-bond acceptors (Lipinski definition) is 4. The van der Waals surface area contributed by atoms with Gasteiger partial charge in [-0.05, 0) is 17.2 Å². The van der Waals surface area contributed by atoms with Gasteiger partial charge in [-0.3, -0.25) is 10.1 Å². The summed E-state index contributed by atoms with van der Waals surface area (Å²) in [6, 6.07) is 13.1. The van der Waals surface area contributed by atoms with Crippen LogP contribution in [-0.2, 0) is 13.1 Å². The minimum absolute atomic E-state index is 0.0419. The van der Waals surface area contributed by atoms with Gasteiger partial charge in [-0.1, -0.05) is 30.3 Å². The number of rotatable bonds is 6. The van der Waals surface area contributed by atoms with Crippen LogP contribution in [0.4, 0.5) is 5.69 Å². The van der Waals surface area contributed by atoms with E-state index in [-0.39, 0.29) is 11.3 Å². The van der Waals surface area contributed by atoms with Crippen LogP contribution in [0.1, 0.15) is 21.5 Å². The molecule has 0 aliphatic carbocycles. The fourth-order valence-electron chi connectivity index (χ4n) is 2.00. The van der Waals surface area contributed by atoms with Crippen LogP contribution in [-0.4, -0.2) is 16.0 Å². The molecule has 0 amide bonds. The number of nitro benzene ring substituents is 1. The van der Waals surface area contributed by atoms with Crippen LogP contribution in [0.2, 0.25) is 0 Å². The number of benzene rings is 2. The highest BCUT2D eigenvalue weighted by atomic mass is 16.6. The van der Waals surface area contributed by atoms with E-state index in [0.29, 0.717) is 18.7 Å². The van der Waals surface area contributed by atoms with E-state index < -0.39 is 10.9 Å². The topological polar surface area (TPSA) is 92.5 Å². The molecule has 0 radical (unpaired) electrons. The highest BCUT2D eigenvalue weighted by Crippen LogP contribution is 2.13. The average Bonchev–Trinajstić information content (AvgIpc) is 2.48. The molecule has 0 aliphatic heterocycles. The maximum atomic E-state index is 11.1. The van der Waals surface area contributed by atoms with Gasteiger partial charge in [0.2, 0.25) is 0 Å². The molecular weight excluding hydrogens is 272 g/mol. The smallest absolute Gasteiger partial charge is 0.336 e. The summed E-state index contributed by atoms with van der Waals surface area (Å²) in [6.45, 7) is 0.806. The summed E-state index contributed by atoms with van der Waals surface area (Å²) in [5.74, 6) is -0.970. The number of carboxylic acid groups (broad SMARTS) is 1. The van der Waals surface area contributed by atoms with Crippen molar-refractivity contribution >= 4 is 11.7 Å². The first-order valence-corrected chi connectivity index (χ1v) is 6.33. The van der Waals surface area contributed by atoms with Gasteiger partial charge in [0.15, 0.2) is 0 Å². The third-order valence-corrected chi connectivity index (χ3v) is 3.01. The molecule has 0 saturated carbocycles. The molecule has 0 saturated heterocycles. The molecular formula is C15H14N2O4. The molecule has 2 aromatic rings. The minimum atomic E-state index is -0.970. The Labute approximate surface area is 121 Å². The number of hydrogen-bond donors (Lipinski definition) is 2. The van der Waals surface area contributed by atoms with Gasteiger partial charge in [-0.25, -0.2) is 4.79 Å². The Bertz CT molecular complexity index is 670. The highest BCUT2D eigenvalue weighted by Gasteiger charge is 2.09. The van der Waals surface area contributed by atoms with Crippen molar-refractivity contribution in [3.8, 4) is 0 Å². The largest absolute Gasteiger partial charge is 0.478 e. The molecule has 6 nitrogen and oxygen atoms in total. The predicted octanol–water partition coefficient (Wildman–Crippen LogP) is 2.58. The highest BCUT2D eigenvalue weighted by molar-refractivity contribution is 5.89. The molecule has 6 heteroatoms. The Kier molecular flexibility index (Phi) is 4.63. The van der Waals surface area contributed by atoms with Gasteiger partial charge >= 0.3 is 5.97 Å². The molecule has 0 atom stereocenters. The van der Waals surface area contributed by atoms with Crippen LogP contribution in [0, 0.1) is 10.1 Å². The van der Waals surface area contributed by atoms with Crippen molar-refractivity contribution in [1.82, 2.24) is 5.32 Å². The lowest BCUT2D eigenvalue weighted by Crippen LogP contribution is -2.15. The fourth-order valence-corrected chi connectivity index (χ4v) is 2.00. The Hall–Kier alpha value is -2.73. The molecule has 0 aliphatic rings. The van der Waals surface area contributed by atoms with Gasteiger partial charge in [0.25, 0.3) is 5.69 Å². The van der Waals surface area contributed by atoms with E-state index in [4.69, 9.17) is 5.11 Å². The first-order chi connectivity index (χ1) is 10.1. The van der Waals surface area contributed by atoms with E-state index in [1.165, 1.54) is 12.1 Å². The van der Waals surface area contributed by atoms with Crippen molar-refractivity contribution < 1.29 is 14.8 Å². The molecule has 0 fully saturated rings. The third kappa shape index (κ3) is 3.87. The van der Waals surface area contributed by atoms with Crippen LogP contribution in [0.5, 0.6) is 0 Å². The summed E-state index contributed by atoms with van der Waals surface area (Å²) in [6.07, 6.45) is 0. The van der Waals surface area contributed by atoms with Gasteiger partial charge in [0.1, 0.15) is 0 Å². The summed E-state index contributed by atoms with van der Waals surface area (Å²) in [7, 11) is 0. The number of non-ortho nitro benzene ring substituents is 1. The Morgan fingerprint density at radius 1 is 1.14 bits per heavy atom. The monoisotopic (exact) mass is 286 g/mol. The zero-order chi connectivity index (χ0) is 15.2. The van der Waals surface area contributed by atoms with E-state index in [0.717, 1.165) is 5.56 Å². The summed E-state index contributed by atoms with van der Waals surface area (Å²) in [5.41, 5.74) is 1.75. The van der Waals surface area contributed by atoms with Gasteiger partial charge in [-0.2, -0.15) is 0 Å². The molecule has 2 rings (SSSR count). The molecule has 0 bridgehead atoms. The van der Waals surface area contributed by atoms with Crippen molar-refractivity contribution in [2.24, 2.45) is 0 Å². The van der Waals surface area contributed by atoms with Crippen molar-refractivity contribution in [2.75, 3.05) is 0 Å². The number of nitrogens with zero attached hydrogens (tertiary/aromatic N) is 1. The number of carboxylic acids is 1. The lowest BCUT2D eigenvalue weighted by atomic mass is 10.1. The number of nitrogens with one attached hydrogen (secondary N) is 1. The standard InChI is InChI=1S/C15H14N2O4/c18-15(19)14-7-2-1-5-12(14)10-16-9-11-4-3-6-13(8-11)17(20)21/h1-8,16H,9-10H2,(H,18,19). The van der Waals surface area contributed by atoms with Crippen LogP contribution in [0.15, 0.2) is 48.5 Å². The van der Waals surface area contributed by atoms with Crippen molar-refractivity contribution in [3.05, 3.63) is 75.3 Å². The second-order valence-corrected chi connectivity index (χ2v) is 4.49. The quantitative estimate of drug-likeness (QED) is 0.629. The molecule has 0 aromatic heterocycles. The lowest BCUT2D eigenvalue weighted by molar-refractivity contribution is -0.384. The summed E-state index contributed by atoms with van der Waals surface area (Å²) < 4.78 is 0. The summed E-state index contributed by atoms with van der Waals surface area (Å²) in [4.78, 5) is 21.3. The third-order valence-electron chi connectivity index (χ3n) is 3.01. The Morgan fingerprint density at radius 2 is 1.90 bits per heavy atom. The zero-order valence-electron chi connectivity index (χ0n) is 11.2. The Morgan fingerprint density at radius 3 is 2.62 bits per heavy atom. The minimum Gasteiger partial charge on any atom is -0.478 e. The summed E-state index contributed by atoms with van der Waals surface area (Å²) in [5, 5.41) is 22.9. The molecule has 0 unspecified atom stereocenters. The first kappa shape index (κ1) is 14.7. The maximum Gasteiger partial charge on any atom is 0.336 e. The van der Waals surface area contributed by atoms with Gasteiger partial charge in [0, 0.05) is 25.2 Å². The number of nitro groups is 1. The fraction of sp³-hybridized carbons (Fsp3) is 0.133. The first-order valence-electron chi connectivity index (χ1n) is 6.33. The van der Waals surface area contributed by atoms with E-state index >= 15 is 0 Å². The van der Waals surface area contributed by atoms with E-state index in [2.05, 4.69) is 5.32 Å². The van der Waals surface area contributed by atoms with Gasteiger partial charge < -0.3 is 10.4 Å².